The average Bonchev–Trinajstić information content (AvgIpc) is 3.53. The maximum absolute atomic E-state index is 13.6. The normalized spacial score (nSPS) is 14.9. The topological polar surface area (TPSA) is 196 Å². The molecule has 0 atom stereocenters. The highest BCUT2D eigenvalue weighted by Crippen LogP contribution is 2.41. The summed E-state index contributed by atoms with van der Waals surface area (Å²) in [5.74, 6) is -3.06. The molecule has 1 saturated carbocycles. The van der Waals surface area contributed by atoms with Crippen LogP contribution in [0.15, 0.2) is 79.1 Å². The van der Waals surface area contributed by atoms with E-state index in [4.69, 9.17) is 78.1 Å². The van der Waals surface area contributed by atoms with E-state index in [1.807, 2.05) is 0 Å². The number of carbonyl (C=O) groups excluding carboxylic acids is 3. The Hall–Kier alpha value is -6.67. The summed E-state index contributed by atoms with van der Waals surface area (Å²) in [6, 6.07) is 17.3. The van der Waals surface area contributed by atoms with Crippen LogP contribution in [0, 0.1) is 0 Å². The Balaban J connectivity index is 1.05. The third-order valence-electron chi connectivity index (χ3n) is 11.0. The Morgan fingerprint density at radius 2 is 1.52 bits per heavy atom. The number of pyridine rings is 2. The van der Waals surface area contributed by atoms with Crippen molar-refractivity contribution in [3.05, 3.63) is 106 Å². The van der Waals surface area contributed by atoms with Gasteiger partial charge in [0.25, 0.3) is 11.8 Å². The number of nitrogens with two attached hydrogens (primary N) is 2. The number of hydrogen-bond acceptors (Lipinski definition) is 11. The Bertz CT molecular complexity index is 2990. The van der Waals surface area contributed by atoms with Crippen molar-refractivity contribution < 1.29 is 42.1 Å². The van der Waals surface area contributed by atoms with Gasteiger partial charge in [0, 0.05) is 67.3 Å². The first-order valence-electron chi connectivity index (χ1n) is 20.1. The van der Waals surface area contributed by atoms with Crippen LogP contribution in [0.2, 0.25) is 10.0 Å². The number of fused-ring (bicyclic) bond motifs is 2. The van der Waals surface area contributed by atoms with Crippen LogP contribution < -0.4 is 45.9 Å². The van der Waals surface area contributed by atoms with E-state index < -0.39 is 17.7 Å². The molecule has 2 aliphatic rings. The standard InChI is InChI=1S/C45H38Cl2F2N8O7S2/c1-56-38(58)20-57(44(56)66)34-6-4-24(16-31(34)47)63-35-9-13-52-33-19-37(27(41(50)59)17-25(33)35)62-21-29-39-26(18-28(42(51)60)40(29)61-2)36(10-14-53-39)64-23-3-5-32(30(46)15-23)55-43(65)54-22-7-11-45(48,49)12-8-22/h3-6,9-10,13-19,22H,7-8,11-12,20-21H2,1-2H3,(H2,50,59)(H2,51,60)(H2,54,55,65). The summed E-state index contributed by atoms with van der Waals surface area (Å²) in [6.07, 6.45) is 3.16. The van der Waals surface area contributed by atoms with Crippen LogP contribution >= 0.6 is 47.6 Å². The van der Waals surface area contributed by atoms with Gasteiger partial charge in [-0.2, -0.15) is 0 Å². The highest BCUT2D eigenvalue weighted by molar-refractivity contribution is 7.80. The zero-order valence-corrected chi connectivity index (χ0v) is 38.1. The molecular weight excluding hydrogens is 938 g/mol. The number of carbonyl (C=O) groups is 3. The second-order valence-corrected chi connectivity index (χ2v) is 16.9. The summed E-state index contributed by atoms with van der Waals surface area (Å²) in [5.41, 5.74) is 13.7. The molecule has 0 bridgehead atoms. The van der Waals surface area contributed by atoms with E-state index >= 15 is 0 Å². The number of nitrogens with one attached hydrogen (secondary N) is 2. The minimum Gasteiger partial charge on any atom is -0.495 e. The minimum absolute atomic E-state index is 0.00378. The predicted octanol–water partition coefficient (Wildman–Crippen LogP) is 8.89. The lowest BCUT2D eigenvalue weighted by Gasteiger charge is -2.29. The molecule has 2 fully saturated rings. The highest BCUT2D eigenvalue weighted by atomic mass is 35.5. The number of anilines is 2. The van der Waals surface area contributed by atoms with Crippen molar-refractivity contribution in [2.45, 2.75) is 44.3 Å². The number of thiocarbonyl (C=S) groups is 2. The van der Waals surface area contributed by atoms with E-state index in [0.29, 0.717) is 66.1 Å². The number of primary amides is 2. The SMILES string of the molecule is COc1c(C(N)=O)cc2c(Oc3ccc(NC(=S)NC4CCC(F)(F)CC4)c(Cl)c3)ccnc2c1COc1cc2nccc(Oc3ccc(N4CC(=O)N(C)C4=S)c(Cl)c3)c2cc1C(N)=O. The number of halogens is 4. The molecule has 15 nitrogen and oxygen atoms in total. The van der Waals surface area contributed by atoms with Crippen molar-refractivity contribution in [3.8, 4) is 34.5 Å². The van der Waals surface area contributed by atoms with E-state index in [-0.39, 0.29) is 89.3 Å². The van der Waals surface area contributed by atoms with Crippen molar-refractivity contribution in [1.82, 2.24) is 20.2 Å². The Labute approximate surface area is 396 Å². The highest BCUT2D eigenvalue weighted by Gasteiger charge is 2.35. The summed E-state index contributed by atoms with van der Waals surface area (Å²) in [4.78, 5) is 50.2. The second-order valence-electron chi connectivity index (χ2n) is 15.3. The first kappa shape index (κ1) is 45.9. The summed E-state index contributed by atoms with van der Waals surface area (Å²) in [5, 5.41) is 7.99. The molecule has 3 heterocycles. The lowest BCUT2D eigenvalue weighted by Crippen LogP contribution is -2.42. The summed E-state index contributed by atoms with van der Waals surface area (Å²) >= 11 is 24.1. The van der Waals surface area contributed by atoms with Gasteiger partial charge in [0.15, 0.2) is 10.2 Å². The largest absolute Gasteiger partial charge is 0.495 e. The summed E-state index contributed by atoms with van der Waals surface area (Å²) < 4.78 is 51.8. The van der Waals surface area contributed by atoms with Crippen LogP contribution in [0.1, 0.15) is 52.0 Å². The fourth-order valence-electron chi connectivity index (χ4n) is 7.65. The number of rotatable bonds is 13. The average molecular weight is 976 g/mol. The summed E-state index contributed by atoms with van der Waals surface area (Å²) in [7, 11) is 2.96. The lowest BCUT2D eigenvalue weighted by molar-refractivity contribution is -0.123. The van der Waals surface area contributed by atoms with Crippen LogP contribution in [-0.4, -0.2) is 75.5 Å². The number of ether oxygens (including phenoxy) is 4. The predicted molar refractivity (Wildman–Crippen MR) is 254 cm³/mol. The zero-order chi connectivity index (χ0) is 47.0. The number of benzene rings is 4. The van der Waals surface area contributed by atoms with Crippen molar-refractivity contribution in [2.24, 2.45) is 11.5 Å². The van der Waals surface area contributed by atoms with Crippen molar-refractivity contribution in [1.29, 1.82) is 0 Å². The molecule has 8 rings (SSSR count). The molecule has 0 radical (unpaired) electrons. The quantitative estimate of drug-likeness (QED) is 0.0801. The smallest absolute Gasteiger partial charge is 0.252 e. The number of nitrogens with zero attached hydrogens (tertiary/aromatic N) is 4. The Morgan fingerprint density at radius 3 is 2.14 bits per heavy atom. The molecule has 1 saturated heterocycles. The number of likely N-dealkylation sites (N-methyl/N-ethyl adjacent to an activating group) is 1. The number of alkyl halides is 2. The molecule has 0 spiro atoms. The molecule has 4 aromatic carbocycles. The van der Waals surface area contributed by atoms with Gasteiger partial charge in [-0.05, 0) is 85.8 Å². The molecular formula is C45H38Cl2F2N8O7S2. The Kier molecular flexibility index (Phi) is 13.0. The molecule has 66 heavy (non-hydrogen) atoms. The van der Waals surface area contributed by atoms with Gasteiger partial charge in [-0.25, -0.2) is 8.78 Å². The van der Waals surface area contributed by atoms with Gasteiger partial charge in [-0.1, -0.05) is 23.2 Å². The van der Waals surface area contributed by atoms with Crippen molar-refractivity contribution in [3.63, 3.8) is 0 Å². The third-order valence-corrected chi connectivity index (χ3v) is 12.4. The van der Waals surface area contributed by atoms with Crippen LogP contribution in [0.5, 0.6) is 34.5 Å². The fraction of sp³-hybridized carbons (Fsp3) is 0.222. The van der Waals surface area contributed by atoms with Gasteiger partial charge in [-0.15, -0.1) is 0 Å². The zero-order valence-electron chi connectivity index (χ0n) is 35.0. The van der Waals surface area contributed by atoms with E-state index in [1.54, 1.807) is 60.5 Å². The van der Waals surface area contributed by atoms with Gasteiger partial charge < -0.3 is 45.9 Å². The molecule has 1 aliphatic carbocycles. The van der Waals surface area contributed by atoms with Crippen LogP contribution in [-0.2, 0) is 11.4 Å². The molecule has 3 amide bonds. The van der Waals surface area contributed by atoms with E-state index in [2.05, 4.69) is 20.6 Å². The number of amides is 3. The van der Waals surface area contributed by atoms with Gasteiger partial charge >= 0.3 is 0 Å². The van der Waals surface area contributed by atoms with Crippen molar-refractivity contribution >= 4 is 109 Å². The summed E-state index contributed by atoms with van der Waals surface area (Å²) in [6.45, 7) is -0.246. The Morgan fingerprint density at radius 1 is 0.879 bits per heavy atom. The first-order valence-corrected chi connectivity index (χ1v) is 21.7. The second kappa shape index (κ2) is 18.7. The molecule has 21 heteroatoms. The van der Waals surface area contributed by atoms with E-state index in [9.17, 15) is 23.2 Å². The van der Waals surface area contributed by atoms with E-state index in [1.165, 1.54) is 42.6 Å². The number of methoxy groups -OCH3 is 1. The van der Waals surface area contributed by atoms with E-state index in [0.717, 1.165) is 0 Å². The molecule has 0 unspecified atom stereocenters. The molecule has 1 aliphatic heterocycles. The maximum atomic E-state index is 13.6. The van der Waals surface area contributed by atoms with Gasteiger partial charge in [0.05, 0.1) is 56.3 Å². The van der Waals surface area contributed by atoms with Crippen molar-refractivity contribution in [2.75, 3.05) is 30.9 Å². The molecule has 340 valence electrons. The maximum Gasteiger partial charge on any atom is 0.252 e. The van der Waals surface area contributed by atoms with Gasteiger partial charge in [-0.3, -0.25) is 29.3 Å². The van der Waals surface area contributed by atoms with Crippen LogP contribution in [0.4, 0.5) is 20.2 Å². The van der Waals surface area contributed by atoms with Crippen LogP contribution in [0.25, 0.3) is 21.8 Å². The monoisotopic (exact) mass is 974 g/mol. The number of hydrogen-bond donors (Lipinski definition) is 4. The third kappa shape index (κ3) is 9.51. The lowest BCUT2D eigenvalue weighted by atomic mass is 9.92. The fourth-order valence-corrected chi connectivity index (χ4v) is 8.68. The molecule has 6 N–H and O–H groups in total. The minimum atomic E-state index is -2.66. The molecule has 2 aromatic heterocycles. The molecule has 6 aromatic rings. The number of aromatic nitrogens is 2. The van der Waals surface area contributed by atoms with Gasteiger partial charge in [0.2, 0.25) is 11.8 Å². The first-order chi connectivity index (χ1) is 31.5. The van der Waals surface area contributed by atoms with Gasteiger partial charge in [0.1, 0.15) is 47.6 Å². The van der Waals surface area contributed by atoms with Crippen LogP contribution in [0.3, 0.4) is 0 Å².